The molecule has 1 fully saturated rings. The molecule has 3 rings (SSSR count). The second-order valence-electron chi connectivity index (χ2n) is 8.30. The van der Waals surface area contributed by atoms with Gasteiger partial charge in [-0.1, -0.05) is 26.0 Å². The Hall–Kier alpha value is -2.89. The van der Waals surface area contributed by atoms with Crippen LogP contribution in [0.3, 0.4) is 0 Å². The Morgan fingerprint density at radius 1 is 1.12 bits per heavy atom. The number of hydrogen-bond acceptors (Lipinski definition) is 8. The molecule has 1 aromatic heterocycles. The lowest BCUT2D eigenvalue weighted by atomic mass is 9.98. The van der Waals surface area contributed by atoms with Crippen molar-refractivity contribution >= 4 is 21.7 Å². The number of aromatic nitrogens is 2. The Balaban J connectivity index is 1.78. The molecule has 11 heteroatoms. The average molecular weight is 477 g/mol. The number of carbonyl (C=O) groups is 2. The third kappa shape index (κ3) is 5.21. The molecule has 2 aromatic rings. The standard InChI is InChI=1S/C22H28N4O6S/c1-15(2)7-10-23-20(27)19-14-24-18(13-25-19)16-3-5-17(6-4-16)33(30,31)22(21(28)26-29)8-11-32-12-9-22/h3-6,13-15,29H,7-12H2,1-2H3,(H,23,27)(H,26,28). The number of hydrogen-bond donors (Lipinski definition) is 3. The molecule has 1 aromatic carbocycles. The van der Waals surface area contributed by atoms with Gasteiger partial charge in [0.15, 0.2) is 14.6 Å². The summed E-state index contributed by atoms with van der Waals surface area (Å²) < 4.78 is 30.0. The van der Waals surface area contributed by atoms with Crippen LogP contribution in [0.1, 0.15) is 43.6 Å². The van der Waals surface area contributed by atoms with Crippen LogP contribution in [0.15, 0.2) is 41.6 Å². The van der Waals surface area contributed by atoms with E-state index in [1.165, 1.54) is 30.0 Å². The SMILES string of the molecule is CC(C)CCNC(=O)c1cnc(-c2ccc(S(=O)(=O)C3(C(=O)NO)CCOCC3)cc2)cn1. The summed E-state index contributed by atoms with van der Waals surface area (Å²) in [7, 11) is -4.11. The van der Waals surface area contributed by atoms with Crippen molar-refractivity contribution < 1.29 is 28.0 Å². The highest BCUT2D eigenvalue weighted by Gasteiger charge is 2.52. The third-order valence-electron chi connectivity index (χ3n) is 5.68. The van der Waals surface area contributed by atoms with Crippen LogP contribution in [0, 0.1) is 5.92 Å². The number of ether oxygens (including phenoxy) is 1. The summed E-state index contributed by atoms with van der Waals surface area (Å²) in [5.41, 5.74) is 2.75. The topological polar surface area (TPSA) is 148 Å². The maximum absolute atomic E-state index is 13.3. The molecule has 0 unspecified atom stereocenters. The molecule has 3 N–H and O–H groups in total. The highest BCUT2D eigenvalue weighted by atomic mass is 32.2. The number of hydroxylamine groups is 1. The molecule has 0 radical (unpaired) electrons. The zero-order chi connectivity index (χ0) is 24.1. The molecule has 10 nitrogen and oxygen atoms in total. The molecule has 1 aliphatic rings. The Kier molecular flexibility index (Phi) is 7.77. The first-order valence-corrected chi connectivity index (χ1v) is 12.2. The monoisotopic (exact) mass is 476 g/mol. The minimum absolute atomic E-state index is 0.0501. The summed E-state index contributed by atoms with van der Waals surface area (Å²) in [5.74, 6) is -0.798. The highest BCUT2D eigenvalue weighted by Crippen LogP contribution is 2.35. The van der Waals surface area contributed by atoms with Crippen molar-refractivity contribution in [3.05, 3.63) is 42.4 Å². The van der Waals surface area contributed by atoms with Gasteiger partial charge in [-0.2, -0.15) is 0 Å². The Bertz CT molecular complexity index is 1080. The lowest BCUT2D eigenvalue weighted by molar-refractivity contribution is -0.134. The fraction of sp³-hybridized carbons (Fsp3) is 0.455. The number of nitrogens with zero attached hydrogens (tertiary/aromatic N) is 2. The molecular weight excluding hydrogens is 448 g/mol. The van der Waals surface area contributed by atoms with Crippen LogP contribution < -0.4 is 10.8 Å². The summed E-state index contributed by atoms with van der Waals surface area (Å²) in [6, 6.07) is 5.90. The van der Waals surface area contributed by atoms with Gasteiger partial charge in [-0.15, -0.1) is 0 Å². The maximum atomic E-state index is 13.3. The number of amides is 2. The van der Waals surface area contributed by atoms with Crippen LogP contribution in [-0.4, -0.2) is 59.9 Å². The first kappa shape index (κ1) is 24.7. The second-order valence-corrected chi connectivity index (χ2v) is 10.6. The Morgan fingerprint density at radius 3 is 2.33 bits per heavy atom. The van der Waals surface area contributed by atoms with Gasteiger partial charge in [-0.3, -0.25) is 19.8 Å². The number of benzene rings is 1. The molecule has 33 heavy (non-hydrogen) atoms. The predicted molar refractivity (Wildman–Crippen MR) is 119 cm³/mol. The summed E-state index contributed by atoms with van der Waals surface area (Å²) in [6.07, 6.45) is 3.55. The van der Waals surface area contributed by atoms with Crippen molar-refractivity contribution in [1.29, 1.82) is 0 Å². The maximum Gasteiger partial charge on any atom is 0.271 e. The van der Waals surface area contributed by atoms with Crippen molar-refractivity contribution in [2.45, 2.75) is 42.8 Å². The first-order chi connectivity index (χ1) is 15.7. The van der Waals surface area contributed by atoms with Gasteiger partial charge in [0.25, 0.3) is 11.8 Å². The molecule has 1 saturated heterocycles. The van der Waals surface area contributed by atoms with Gasteiger partial charge in [0.1, 0.15) is 5.69 Å². The van der Waals surface area contributed by atoms with E-state index in [1.807, 2.05) is 0 Å². The quantitative estimate of drug-likeness (QED) is 0.386. The number of sulfone groups is 1. The van der Waals surface area contributed by atoms with Crippen LogP contribution in [0.25, 0.3) is 11.3 Å². The Labute approximate surface area is 192 Å². The molecule has 0 bridgehead atoms. The van der Waals surface area contributed by atoms with Crippen molar-refractivity contribution in [2.24, 2.45) is 5.92 Å². The third-order valence-corrected chi connectivity index (χ3v) is 8.20. The van der Waals surface area contributed by atoms with E-state index in [-0.39, 0.29) is 42.6 Å². The van der Waals surface area contributed by atoms with Crippen molar-refractivity contribution in [3.63, 3.8) is 0 Å². The van der Waals surface area contributed by atoms with Gasteiger partial charge >= 0.3 is 0 Å². The summed E-state index contributed by atoms with van der Waals surface area (Å²) in [6.45, 7) is 4.89. The van der Waals surface area contributed by atoms with Gasteiger partial charge in [0, 0.05) is 25.3 Å². The molecule has 0 saturated carbocycles. The van der Waals surface area contributed by atoms with Gasteiger partial charge in [0.05, 0.1) is 23.0 Å². The number of rotatable bonds is 8. The molecule has 2 amide bonds. The van der Waals surface area contributed by atoms with E-state index < -0.39 is 20.5 Å². The van der Waals surface area contributed by atoms with E-state index in [4.69, 9.17) is 9.94 Å². The fourth-order valence-corrected chi connectivity index (χ4v) is 5.55. The highest BCUT2D eigenvalue weighted by molar-refractivity contribution is 7.93. The fourth-order valence-electron chi connectivity index (χ4n) is 3.61. The lowest BCUT2D eigenvalue weighted by Crippen LogP contribution is -2.54. The van der Waals surface area contributed by atoms with Crippen LogP contribution in [0.5, 0.6) is 0 Å². The van der Waals surface area contributed by atoms with Crippen LogP contribution in [0.4, 0.5) is 0 Å². The number of nitrogens with one attached hydrogen (secondary N) is 2. The molecule has 2 heterocycles. The van der Waals surface area contributed by atoms with E-state index in [2.05, 4.69) is 29.1 Å². The minimum Gasteiger partial charge on any atom is -0.381 e. The van der Waals surface area contributed by atoms with E-state index in [1.54, 1.807) is 12.1 Å². The lowest BCUT2D eigenvalue weighted by Gasteiger charge is -2.34. The largest absolute Gasteiger partial charge is 0.381 e. The smallest absolute Gasteiger partial charge is 0.271 e. The predicted octanol–water partition coefficient (Wildman–Crippen LogP) is 1.75. The van der Waals surface area contributed by atoms with Gasteiger partial charge in [-0.05, 0) is 37.3 Å². The molecule has 0 aliphatic carbocycles. The van der Waals surface area contributed by atoms with Gasteiger partial charge in [-0.25, -0.2) is 18.9 Å². The first-order valence-electron chi connectivity index (χ1n) is 10.7. The molecule has 0 atom stereocenters. The summed E-state index contributed by atoms with van der Waals surface area (Å²) >= 11 is 0. The van der Waals surface area contributed by atoms with Crippen molar-refractivity contribution in [3.8, 4) is 11.3 Å². The molecule has 0 spiro atoms. The van der Waals surface area contributed by atoms with E-state index in [0.29, 0.717) is 23.7 Å². The molecule has 1 aliphatic heterocycles. The zero-order valence-electron chi connectivity index (χ0n) is 18.6. The second kappa shape index (κ2) is 10.4. The average Bonchev–Trinajstić information content (AvgIpc) is 2.83. The van der Waals surface area contributed by atoms with Crippen LogP contribution in [0.2, 0.25) is 0 Å². The summed E-state index contributed by atoms with van der Waals surface area (Å²) in [5, 5.41) is 11.9. The zero-order valence-corrected chi connectivity index (χ0v) is 19.4. The van der Waals surface area contributed by atoms with Crippen molar-refractivity contribution in [1.82, 2.24) is 20.8 Å². The van der Waals surface area contributed by atoms with Gasteiger partial charge in [0.2, 0.25) is 0 Å². The van der Waals surface area contributed by atoms with Crippen LogP contribution >= 0.6 is 0 Å². The van der Waals surface area contributed by atoms with Gasteiger partial charge < -0.3 is 10.1 Å². The van der Waals surface area contributed by atoms with E-state index in [0.717, 1.165) is 6.42 Å². The molecule has 178 valence electrons. The number of carbonyl (C=O) groups excluding carboxylic acids is 2. The Morgan fingerprint density at radius 2 is 1.79 bits per heavy atom. The van der Waals surface area contributed by atoms with Crippen LogP contribution in [-0.2, 0) is 19.4 Å². The van der Waals surface area contributed by atoms with E-state index >= 15 is 0 Å². The molecular formula is C22H28N4O6S. The normalized spacial score (nSPS) is 15.8. The minimum atomic E-state index is -4.11. The van der Waals surface area contributed by atoms with Crippen molar-refractivity contribution in [2.75, 3.05) is 19.8 Å². The summed E-state index contributed by atoms with van der Waals surface area (Å²) in [4.78, 5) is 32.9. The van der Waals surface area contributed by atoms with E-state index in [9.17, 15) is 18.0 Å².